The van der Waals surface area contributed by atoms with E-state index in [9.17, 15) is 13.2 Å². The number of nitrogens with one attached hydrogen (secondary N) is 1. The smallest absolute Gasteiger partial charge is 0.245 e. The van der Waals surface area contributed by atoms with Gasteiger partial charge in [0.1, 0.15) is 6.04 Å². The first-order valence-electron chi connectivity index (χ1n) is 12.8. The van der Waals surface area contributed by atoms with Gasteiger partial charge < -0.3 is 28.6 Å². The summed E-state index contributed by atoms with van der Waals surface area (Å²) in [5.41, 5.74) is 1.48. The van der Waals surface area contributed by atoms with E-state index in [1.807, 2.05) is 13.0 Å². The molecule has 1 saturated heterocycles. The Balaban J connectivity index is 1.74. The third-order valence-electron chi connectivity index (χ3n) is 5.79. The van der Waals surface area contributed by atoms with Gasteiger partial charge in [-0.1, -0.05) is 48.0 Å². The van der Waals surface area contributed by atoms with Crippen molar-refractivity contribution in [3.63, 3.8) is 0 Å². The normalized spacial score (nSPS) is 18.7. The van der Waals surface area contributed by atoms with E-state index in [0.717, 1.165) is 5.56 Å². The van der Waals surface area contributed by atoms with Gasteiger partial charge in [0.05, 0.1) is 71.0 Å². The number of rotatable bonds is 5. The van der Waals surface area contributed by atoms with Gasteiger partial charge in [0, 0.05) is 13.1 Å². The maximum Gasteiger partial charge on any atom is 0.245 e. The van der Waals surface area contributed by atoms with E-state index < -0.39 is 22.0 Å². The molecule has 1 heterocycles. The van der Waals surface area contributed by atoms with Gasteiger partial charge in [0.15, 0.2) is 0 Å². The zero-order valence-electron chi connectivity index (χ0n) is 21.9. The molecule has 0 aromatic heterocycles. The molecule has 2 aromatic carbocycles. The second-order valence-corrected chi connectivity index (χ2v) is 10.4. The van der Waals surface area contributed by atoms with Crippen molar-refractivity contribution in [1.82, 2.24) is 9.62 Å². The van der Waals surface area contributed by atoms with Crippen molar-refractivity contribution in [1.29, 1.82) is 0 Å². The average Bonchev–Trinajstić information content (AvgIpc) is 2.92. The quantitative estimate of drug-likeness (QED) is 0.601. The van der Waals surface area contributed by atoms with Crippen LogP contribution in [-0.2, 0) is 38.5 Å². The lowest BCUT2D eigenvalue weighted by molar-refractivity contribution is -0.135. The summed E-state index contributed by atoms with van der Waals surface area (Å²) in [7, 11) is -3.97. The first-order valence-corrected chi connectivity index (χ1v) is 14.3. The first-order chi connectivity index (χ1) is 18.5. The van der Waals surface area contributed by atoms with Crippen LogP contribution in [0.5, 0.6) is 0 Å². The number of carbonyl (C=O) groups excluding carboxylic acids is 1. The Labute approximate surface area is 225 Å². The van der Waals surface area contributed by atoms with E-state index in [1.165, 1.54) is 12.1 Å². The minimum Gasteiger partial charge on any atom is -0.377 e. The summed E-state index contributed by atoms with van der Waals surface area (Å²) < 4.78 is 56.8. The minimum atomic E-state index is -3.97. The Morgan fingerprint density at radius 3 is 1.63 bits per heavy atom. The predicted octanol–water partition coefficient (Wildman–Crippen LogP) is 1.94. The molecule has 0 unspecified atom stereocenters. The van der Waals surface area contributed by atoms with Gasteiger partial charge in [-0.15, -0.1) is 0 Å². The average molecular weight is 551 g/mol. The lowest BCUT2D eigenvalue weighted by atomic mass is 10.1. The second-order valence-electron chi connectivity index (χ2n) is 8.67. The van der Waals surface area contributed by atoms with Gasteiger partial charge in [-0.3, -0.25) is 4.79 Å². The summed E-state index contributed by atoms with van der Waals surface area (Å²) in [4.78, 5) is 15.5. The Bertz CT molecular complexity index is 1030. The Morgan fingerprint density at radius 2 is 1.16 bits per heavy atom. The zero-order chi connectivity index (χ0) is 27.1. The highest BCUT2D eigenvalue weighted by Crippen LogP contribution is 2.20. The molecule has 210 valence electrons. The number of hydrogen-bond donors (Lipinski definition) is 1. The van der Waals surface area contributed by atoms with Gasteiger partial charge in [-0.05, 0) is 24.6 Å². The van der Waals surface area contributed by atoms with Crippen molar-refractivity contribution in [2.24, 2.45) is 0 Å². The van der Waals surface area contributed by atoms with E-state index in [2.05, 4.69) is 4.72 Å². The molecule has 1 N–H and O–H groups in total. The highest BCUT2D eigenvalue weighted by Gasteiger charge is 2.30. The molecule has 2 aromatic rings. The number of aryl methyl sites for hydroxylation is 1. The third-order valence-corrected chi connectivity index (χ3v) is 7.23. The molecule has 0 aliphatic carbocycles. The van der Waals surface area contributed by atoms with Crippen molar-refractivity contribution in [3.05, 3.63) is 65.7 Å². The highest BCUT2D eigenvalue weighted by molar-refractivity contribution is 7.89. The monoisotopic (exact) mass is 550 g/mol. The topological polar surface area (TPSA) is 113 Å². The SMILES string of the molecule is Cc1ccc(S(=O)(=O)N[C@@H](C(=O)N2CCOCCOCCOCCOCCOCC2)c2ccccc2)cc1. The van der Waals surface area contributed by atoms with Crippen LogP contribution in [0.4, 0.5) is 0 Å². The molecular formula is C27H38N2O8S. The fraction of sp³-hybridized carbons (Fsp3) is 0.519. The van der Waals surface area contributed by atoms with Crippen LogP contribution < -0.4 is 4.72 Å². The summed E-state index contributed by atoms with van der Waals surface area (Å²) in [5, 5.41) is 0. The molecule has 0 saturated carbocycles. The molecular weight excluding hydrogens is 512 g/mol. The standard InChI is InChI=1S/C27H38N2O8S/c1-23-7-9-25(10-8-23)38(31,32)28-26(24-5-3-2-4-6-24)27(30)29-11-13-33-15-17-35-19-21-37-22-20-36-18-16-34-14-12-29/h2-10,26,28H,11-22H2,1H3/t26-/m1/s1. The van der Waals surface area contributed by atoms with Crippen LogP contribution in [0.1, 0.15) is 17.2 Å². The number of hydrogen-bond acceptors (Lipinski definition) is 8. The maximum atomic E-state index is 13.8. The van der Waals surface area contributed by atoms with E-state index in [4.69, 9.17) is 23.7 Å². The lowest BCUT2D eigenvalue weighted by Gasteiger charge is -2.28. The van der Waals surface area contributed by atoms with Crippen molar-refractivity contribution in [2.45, 2.75) is 17.9 Å². The third kappa shape index (κ3) is 10.4. The van der Waals surface area contributed by atoms with Crippen LogP contribution in [0, 0.1) is 6.92 Å². The van der Waals surface area contributed by atoms with Crippen LogP contribution in [0.15, 0.2) is 59.5 Å². The molecule has 1 aliphatic heterocycles. The van der Waals surface area contributed by atoms with Crippen molar-refractivity contribution in [3.8, 4) is 0 Å². The molecule has 1 aliphatic rings. The van der Waals surface area contributed by atoms with Crippen LogP contribution in [-0.4, -0.2) is 98.4 Å². The molecule has 1 atom stereocenters. The lowest BCUT2D eigenvalue weighted by Crippen LogP contribution is -2.45. The molecule has 0 radical (unpaired) electrons. The highest BCUT2D eigenvalue weighted by atomic mass is 32.2. The number of benzene rings is 2. The van der Waals surface area contributed by atoms with Crippen LogP contribution >= 0.6 is 0 Å². The predicted molar refractivity (Wildman–Crippen MR) is 141 cm³/mol. The molecule has 1 fully saturated rings. The molecule has 1 amide bonds. The summed E-state index contributed by atoms with van der Waals surface area (Å²) in [6.45, 7) is 6.32. The first kappa shape index (κ1) is 30.2. The number of carbonyl (C=O) groups is 1. The van der Waals surface area contributed by atoms with Gasteiger partial charge in [-0.2, -0.15) is 4.72 Å². The van der Waals surface area contributed by atoms with Crippen LogP contribution in [0.2, 0.25) is 0 Å². The number of sulfonamides is 1. The Morgan fingerprint density at radius 1 is 0.711 bits per heavy atom. The molecule has 3 rings (SSSR count). The van der Waals surface area contributed by atoms with Crippen LogP contribution in [0.3, 0.4) is 0 Å². The summed E-state index contributed by atoms with van der Waals surface area (Å²) in [6, 6.07) is 14.2. The van der Waals surface area contributed by atoms with Crippen molar-refractivity contribution >= 4 is 15.9 Å². The largest absolute Gasteiger partial charge is 0.377 e. The number of amides is 1. The van der Waals surface area contributed by atoms with Gasteiger partial charge in [-0.25, -0.2) is 8.42 Å². The molecule has 10 nitrogen and oxygen atoms in total. The molecule has 38 heavy (non-hydrogen) atoms. The summed E-state index contributed by atoms with van der Waals surface area (Å²) in [5.74, 6) is -0.391. The van der Waals surface area contributed by atoms with E-state index in [0.29, 0.717) is 58.4 Å². The van der Waals surface area contributed by atoms with Crippen LogP contribution in [0.25, 0.3) is 0 Å². The van der Waals surface area contributed by atoms with Gasteiger partial charge >= 0.3 is 0 Å². The summed E-state index contributed by atoms with van der Waals surface area (Å²) >= 11 is 0. The van der Waals surface area contributed by atoms with Crippen molar-refractivity contribution in [2.75, 3.05) is 79.2 Å². The minimum absolute atomic E-state index is 0.0913. The Hall–Kier alpha value is -2.38. The van der Waals surface area contributed by atoms with E-state index in [1.54, 1.807) is 41.3 Å². The Kier molecular flexibility index (Phi) is 13.1. The second kappa shape index (κ2) is 16.6. The molecule has 11 heteroatoms. The molecule has 0 bridgehead atoms. The fourth-order valence-corrected chi connectivity index (χ4v) is 4.87. The zero-order valence-corrected chi connectivity index (χ0v) is 22.7. The van der Waals surface area contributed by atoms with Crippen molar-refractivity contribution < 1.29 is 36.9 Å². The van der Waals surface area contributed by atoms with E-state index >= 15 is 0 Å². The maximum absolute atomic E-state index is 13.8. The van der Waals surface area contributed by atoms with Gasteiger partial charge in [0.2, 0.25) is 15.9 Å². The van der Waals surface area contributed by atoms with E-state index in [-0.39, 0.29) is 31.2 Å². The number of nitrogens with zero attached hydrogens (tertiary/aromatic N) is 1. The fourth-order valence-electron chi connectivity index (χ4n) is 3.69. The number of ether oxygens (including phenoxy) is 5. The van der Waals surface area contributed by atoms with Gasteiger partial charge in [0.25, 0.3) is 0 Å². The summed E-state index contributed by atoms with van der Waals surface area (Å²) in [6.07, 6.45) is 0. The molecule has 0 spiro atoms.